The molecule has 3 amide bonds. The first-order valence-corrected chi connectivity index (χ1v) is 13.8. The quantitative estimate of drug-likeness (QED) is 0.168. The number of benzene rings is 2. The maximum absolute atomic E-state index is 15.4. The maximum atomic E-state index is 15.4. The molecule has 5 N–H and O–H groups in total. The van der Waals surface area contributed by atoms with Crippen molar-refractivity contribution < 1.29 is 38.8 Å². The number of carbonyl (C=O) groups excluding carboxylic acids is 3. The number of imide groups is 1. The second-order valence-electron chi connectivity index (χ2n) is 12.4. The molecule has 0 aliphatic carbocycles. The molecule has 4 rings (SSSR count). The largest absolute Gasteiger partial charge is 0.367 e. The van der Waals surface area contributed by atoms with Crippen LogP contribution in [0.4, 0.5) is 10.1 Å². The van der Waals surface area contributed by atoms with E-state index in [2.05, 4.69) is 10.2 Å². The van der Waals surface area contributed by atoms with Gasteiger partial charge in [0.15, 0.2) is 0 Å². The van der Waals surface area contributed by atoms with E-state index in [1.165, 1.54) is 18.2 Å². The lowest BCUT2D eigenvalue weighted by atomic mass is 9.97. The van der Waals surface area contributed by atoms with Crippen molar-refractivity contribution in [3.63, 3.8) is 0 Å². The smallest absolute Gasteiger partial charge is 0.279 e. The van der Waals surface area contributed by atoms with Gasteiger partial charge in [0.25, 0.3) is 11.8 Å². The van der Waals surface area contributed by atoms with Crippen LogP contribution in [0.25, 0.3) is 0 Å². The molecule has 2 saturated heterocycles. The van der Waals surface area contributed by atoms with Crippen molar-refractivity contribution in [1.29, 1.82) is 0 Å². The fraction of sp³-hybridized carbons (Fsp3) is 0.500. The van der Waals surface area contributed by atoms with Gasteiger partial charge in [-0.2, -0.15) is 0 Å². The number of ether oxygens (including phenoxy) is 1. The van der Waals surface area contributed by atoms with Gasteiger partial charge in [0.05, 0.1) is 23.3 Å². The highest BCUT2D eigenvalue weighted by molar-refractivity contribution is 6.02. The van der Waals surface area contributed by atoms with Crippen LogP contribution in [0.2, 0.25) is 0 Å². The molecule has 11 nitrogen and oxygen atoms in total. The molecular weight excluding hydrogens is 547 g/mol. The number of hydrogen-bond donors (Lipinski definition) is 5. The summed E-state index contributed by atoms with van der Waals surface area (Å²) in [5, 5.41) is 37.5. The first-order chi connectivity index (χ1) is 19.4. The highest BCUT2D eigenvalue weighted by Crippen LogP contribution is 2.33. The Kier molecular flexibility index (Phi) is 8.51. The first kappa shape index (κ1) is 31.5. The number of halogens is 1. The number of carbonyl (C=O) groups is 3. The van der Waals surface area contributed by atoms with Crippen molar-refractivity contribution in [2.75, 3.05) is 18.4 Å². The molecule has 0 aromatic heterocycles. The van der Waals surface area contributed by atoms with Crippen molar-refractivity contribution >= 4 is 23.9 Å². The van der Waals surface area contributed by atoms with E-state index in [0.717, 1.165) is 4.90 Å². The minimum atomic E-state index is -2.86. The number of morpholine rings is 1. The molecule has 2 aliphatic rings. The highest BCUT2D eigenvalue weighted by Gasteiger charge is 2.46. The van der Waals surface area contributed by atoms with E-state index < -0.39 is 34.8 Å². The van der Waals surface area contributed by atoms with Crippen molar-refractivity contribution in [2.24, 2.45) is 0 Å². The minimum Gasteiger partial charge on any atom is -0.367 e. The van der Waals surface area contributed by atoms with Crippen LogP contribution in [0.5, 0.6) is 0 Å². The van der Waals surface area contributed by atoms with Crippen LogP contribution >= 0.6 is 0 Å². The number of amides is 3. The summed E-state index contributed by atoms with van der Waals surface area (Å²) in [6.45, 7) is 11.1. The number of aliphatic hydroxyl groups is 3. The molecule has 1 unspecified atom stereocenters. The maximum Gasteiger partial charge on any atom is 0.279 e. The molecule has 42 heavy (non-hydrogen) atoms. The molecule has 12 heteroatoms. The van der Waals surface area contributed by atoms with E-state index in [1.54, 1.807) is 25.1 Å². The zero-order chi connectivity index (χ0) is 31.1. The van der Waals surface area contributed by atoms with Crippen molar-refractivity contribution in [2.45, 2.75) is 83.4 Å². The summed E-state index contributed by atoms with van der Waals surface area (Å²) < 4.78 is 21.5. The molecule has 2 aliphatic heterocycles. The summed E-state index contributed by atoms with van der Waals surface area (Å²) in [5.41, 5.74) is -1.76. The molecule has 0 radical (unpaired) electrons. The van der Waals surface area contributed by atoms with E-state index in [9.17, 15) is 29.7 Å². The van der Waals surface area contributed by atoms with Gasteiger partial charge in [-0.1, -0.05) is 18.2 Å². The Balaban J connectivity index is 1.55. The molecule has 1 atom stereocenters. The zero-order valence-corrected chi connectivity index (χ0v) is 24.5. The van der Waals surface area contributed by atoms with E-state index in [4.69, 9.17) is 4.74 Å². The number of anilines is 1. The van der Waals surface area contributed by atoms with Crippen LogP contribution in [0.15, 0.2) is 36.4 Å². The lowest BCUT2D eigenvalue weighted by Crippen LogP contribution is -2.62. The van der Waals surface area contributed by atoms with Gasteiger partial charge < -0.3 is 30.3 Å². The summed E-state index contributed by atoms with van der Waals surface area (Å²) in [4.78, 5) is 39.0. The Hall–Kier alpha value is -3.42. The van der Waals surface area contributed by atoms with Gasteiger partial charge in [0.2, 0.25) is 18.0 Å². The summed E-state index contributed by atoms with van der Waals surface area (Å²) in [6.07, 6.45) is -0.185. The molecule has 2 aromatic carbocycles. The summed E-state index contributed by atoms with van der Waals surface area (Å²) >= 11 is 0. The van der Waals surface area contributed by atoms with Gasteiger partial charge >= 0.3 is 0 Å². The lowest BCUT2D eigenvalue weighted by Gasteiger charge is -2.47. The van der Waals surface area contributed by atoms with E-state index in [-0.39, 0.29) is 42.7 Å². The zero-order valence-electron chi connectivity index (χ0n) is 24.5. The predicted octanol–water partition coefficient (Wildman–Crippen LogP) is 1.81. The van der Waals surface area contributed by atoms with Crippen molar-refractivity contribution in [3.8, 4) is 0 Å². The fourth-order valence-corrected chi connectivity index (χ4v) is 5.93. The van der Waals surface area contributed by atoms with Gasteiger partial charge in [0, 0.05) is 38.2 Å². The summed E-state index contributed by atoms with van der Waals surface area (Å²) in [6, 6.07) is 8.99. The fourth-order valence-electron chi connectivity index (χ4n) is 5.93. The molecule has 0 spiro atoms. The van der Waals surface area contributed by atoms with E-state index >= 15 is 4.39 Å². The third-order valence-corrected chi connectivity index (χ3v) is 7.54. The highest BCUT2D eigenvalue weighted by atomic mass is 19.1. The average molecular weight is 587 g/mol. The average Bonchev–Trinajstić information content (AvgIpc) is 2.84. The van der Waals surface area contributed by atoms with Crippen LogP contribution in [-0.4, -0.2) is 73.4 Å². The Morgan fingerprint density at radius 2 is 1.81 bits per heavy atom. The number of rotatable bonds is 9. The van der Waals surface area contributed by atoms with Crippen LogP contribution in [-0.2, 0) is 38.1 Å². The van der Waals surface area contributed by atoms with Crippen LogP contribution in [0.1, 0.15) is 62.8 Å². The van der Waals surface area contributed by atoms with Crippen molar-refractivity contribution in [3.05, 3.63) is 64.5 Å². The molecule has 2 fully saturated rings. The molecule has 0 bridgehead atoms. The number of piperidine rings is 1. The standard InChI is InChI=1S/C30H39FN4O7/c1-19-7-6-8-24(21(19)15-35(18-36)29(39)12-11-25(37)32-26(29)38)33-30(40,41)22-10-9-20(13-23(22)31)14-34-16-27(2,3)42-28(4,5)17-34/h6-10,13,18,33,39-41H,11-12,14-17H2,1-5H3,(H,32,37,38). The third kappa shape index (κ3) is 6.79. The summed E-state index contributed by atoms with van der Waals surface area (Å²) in [5.74, 6) is -5.28. The summed E-state index contributed by atoms with van der Waals surface area (Å²) in [7, 11) is 0. The van der Waals surface area contributed by atoms with Crippen LogP contribution in [0.3, 0.4) is 0 Å². The normalized spacial score (nSPS) is 22.4. The van der Waals surface area contributed by atoms with Gasteiger partial charge in [-0.3, -0.25) is 24.6 Å². The Labute approximate surface area is 244 Å². The van der Waals surface area contributed by atoms with Gasteiger partial charge in [-0.25, -0.2) is 4.39 Å². The van der Waals surface area contributed by atoms with Gasteiger partial charge in [0.1, 0.15) is 5.82 Å². The SMILES string of the molecule is Cc1cccc(NC(O)(O)c2ccc(CN3CC(C)(C)OC(C)(C)C3)cc2F)c1CN(C=O)C1(O)CCC(=O)NC1=O. The van der Waals surface area contributed by atoms with E-state index in [1.807, 2.05) is 33.0 Å². The van der Waals surface area contributed by atoms with E-state index in [0.29, 0.717) is 36.3 Å². The van der Waals surface area contributed by atoms with Gasteiger partial charge in [-0.15, -0.1) is 0 Å². The topological polar surface area (TPSA) is 152 Å². The number of aryl methyl sites for hydroxylation is 1. The third-order valence-electron chi connectivity index (χ3n) is 7.54. The Bertz CT molecular complexity index is 1360. The number of nitrogens with zero attached hydrogens (tertiary/aromatic N) is 2. The minimum absolute atomic E-state index is 0.129. The van der Waals surface area contributed by atoms with Crippen LogP contribution in [0, 0.1) is 12.7 Å². The predicted molar refractivity (Wildman–Crippen MR) is 151 cm³/mol. The second-order valence-corrected chi connectivity index (χ2v) is 12.4. The van der Waals surface area contributed by atoms with Crippen LogP contribution < -0.4 is 10.6 Å². The molecule has 228 valence electrons. The molecule has 0 saturated carbocycles. The first-order valence-electron chi connectivity index (χ1n) is 13.8. The second kappa shape index (κ2) is 11.3. The number of nitrogens with one attached hydrogen (secondary N) is 2. The van der Waals surface area contributed by atoms with Gasteiger partial charge in [-0.05, 0) is 69.5 Å². The van der Waals surface area contributed by atoms with Crippen molar-refractivity contribution in [1.82, 2.24) is 15.1 Å². The lowest BCUT2D eigenvalue weighted by molar-refractivity contribution is -0.182. The Morgan fingerprint density at radius 1 is 1.14 bits per heavy atom. The Morgan fingerprint density at radius 3 is 2.40 bits per heavy atom. The monoisotopic (exact) mass is 586 g/mol. The molecule has 2 aromatic rings. The molecular formula is C30H39FN4O7. The molecule has 2 heterocycles. The number of hydrogen-bond acceptors (Lipinski definition) is 9.